The second-order valence-electron chi connectivity index (χ2n) is 4.97. The van der Waals surface area contributed by atoms with E-state index in [4.69, 9.17) is 9.47 Å². The fourth-order valence-electron chi connectivity index (χ4n) is 2.60. The van der Waals surface area contributed by atoms with Crippen molar-refractivity contribution >= 4 is 0 Å². The van der Waals surface area contributed by atoms with Crippen LogP contribution in [0.15, 0.2) is 48.7 Å². The fraction of sp³-hybridized carbons (Fsp3) is 0.353. The van der Waals surface area contributed by atoms with Gasteiger partial charge < -0.3 is 9.47 Å². The van der Waals surface area contributed by atoms with E-state index < -0.39 is 5.91 Å². The van der Waals surface area contributed by atoms with E-state index in [1.807, 2.05) is 49.2 Å². The lowest BCUT2D eigenvalue weighted by Gasteiger charge is -2.39. The molecular weight excluding hydrogens is 264 g/mol. The first-order chi connectivity index (χ1) is 10.1. The van der Waals surface area contributed by atoms with Gasteiger partial charge in [0.2, 0.25) is 0 Å². The first-order valence-electron chi connectivity index (χ1n) is 6.91. The van der Waals surface area contributed by atoms with Crippen molar-refractivity contribution in [3.63, 3.8) is 0 Å². The molecule has 4 heteroatoms. The van der Waals surface area contributed by atoms with E-state index in [-0.39, 0.29) is 0 Å². The molecule has 0 unspecified atom stereocenters. The molecule has 0 amide bonds. The smallest absolute Gasteiger partial charge is 0.259 e. The Balaban J connectivity index is 2.36. The SMILES string of the molecule is COC(OC)(c1cccnc1C)N(C)Cc1ccccc1. The van der Waals surface area contributed by atoms with E-state index in [2.05, 4.69) is 17.1 Å². The van der Waals surface area contributed by atoms with Crippen molar-refractivity contribution in [1.29, 1.82) is 0 Å². The minimum Gasteiger partial charge on any atom is -0.337 e. The summed E-state index contributed by atoms with van der Waals surface area (Å²) < 4.78 is 11.5. The Morgan fingerprint density at radius 2 is 1.71 bits per heavy atom. The number of methoxy groups -OCH3 is 2. The zero-order valence-corrected chi connectivity index (χ0v) is 13.0. The van der Waals surface area contributed by atoms with Crippen LogP contribution in [0.25, 0.3) is 0 Å². The zero-order valence-electron chi connectivity index (χ0n) is 13.0. The van der Waals surface area contributed by atoms with Crippen molar-refractivity contribution in [3.8, 4) is 0 Å². The van der Waals surface area contributed by atoms with E-state index in [1.54, 1.807) is 20.4 Å². The summed E-state index contributed by atoms with van der Waals surface area (Å²) in [7, 11) is 5.28. The van der Waals surface area contributed by atoms with Crippen LogP contribution >= 0.6 is 0 Å². The Morgan fingerprint density at radius 1 is 1.05 bits per heavy atom. The van der Waals surface area contributed by atoms with Gasteiger partial charge in [-0.05, 0) is 31.7 Å². The molecule has 2 aromatic rings. The second-order valence-corrected chi connectivity index (χ2v) is 4.97. The van der Waals surface area contributed by atoms with Gasteiger partial charge in [-0.15, -0.1) is 0 Å². The second kappa shape index (κ2) is 6.80. The van der Waals surface area contributed by atoms with Crippen LogP contribution < -0.4 is 0 Å². The molecule has 0 radical (unpaired) electrons. The molecule has 0 saturated carbocycles. The van der Waals surface area contributed by atoms with Crippen LogP contribution in [0.4, 0.5) is 0 Å². The summed E-state index contributed by atoms with van der Waals surface area (Å²) in [5.74, 6) is -0.950. The number of aromatic nitrogens is 1. The van der Waals surface area contributed by atoms with Crippen LogP contribution in [0.2, 0.25) is 0 Å². The van der Waals surface area contributed by atoms with Crippen LogP contribution in [-0.4, -0.2) is 31.2 Å². The van der Waals surface area contributed by atoms with Gasteiger partial charge in [-0.2, -0.15) is 0 Å². The third kappa shape index (κ3) is 3.13. The number of hydrogen-bond acceptors (Lipinski definition) is 4. The van der Waals surface area contributed by atoms with Crippen molar-refractivity contribution < 1.29 is 9.47 Å². The van der Waals surface area contributed by atoms with Gasteiger partial charge in [0.1, 0.15) is 0 Å². The molecule has 112 valence electrons. The predicted octanol–water partition coefficient (Wildman–Crippen LogP) is 2.93. The van der Waals surface area contributed by atoms with Crippen LogP contribution in [-0.2, 0) is 21.9 Å². The van der Waals surface area contributed by atoms with Crippen molar-refractivity contribution in [2.45, 2.75) is 19.4 Å². The van der Waals surface area contributed by atoms with Crippen molar-refractivity contribution in [3.05, 3.63) is 65.5 Å². The van der Waals surface area contributed by atoms with Crippen LogP contribution in [0.1, 0.15) is 16.8 Å². The molecule has 2 rings (SSSR count). The van der Waals surface area contributed by atoms with E-state index >= 15 is 0 Å². The van der Waals surface area contributed by atoms with Crippen LogP contribution in [0, 0.1) is 6.92 Å². The topological polar surface area (TPSA) is 34.6 Å². The normalized spacial score (nSPS) is 11.9. The Bertz CT molecular complexity index is 568. The van der Waals surface area contributed by atoms with E-state index in [0.717, 1.165) is 11.3 Å². The Morgan fingerprint density at radius 3 is 2.29 bits per heavy atom. The molecule has 0 N–H and O–H groups in total. The minimum atomic E-state index is -0.950. The van der Waals surface area contributed by atoms with Gasteiger partial charge in [0, 0.05) is 38.2 Å². The molecule has 0 spiro atoms. The molecule has 0 atom stereocenters. The Hall–Kier alpha value is -1.75. The lowest BCUT2D eigenvalue weighted by atomic mass is 10.1. The Labute approximate surface area is 126 Å². The summed E-state index contributed by atoms with van der Waals surface area (Å²) in [4.78, 5) is 6.38. The van der Waals surface area contributed by atoms with E-state index in [9.17, 15) is 0 Å². The molecule has 1 aromatic heterocycles. The summed E-state index contributed by atoms with van der Waals surface area (Å²) in [5.41, 5.74) is 2.99. The van der Waals surface area contributed by atoms with E-state index in [0.29, 0.717) is 6.54 Å². The number of rotatable bonds is 6. The zero-order chi connectivity index (χ0) is 15.3. The number of benzene rings is 1. The molecule has 4 nitrogen and oxygen atoms in total. The average molecular weight is 286 g/mol. The largest absolute Gasteiger partial charge is 0.337 e. The van der Waals surface area contributed by atoms with Gasteiger partial charge in [0.15, 0.2) is 0 Å². The maximum Gasteiger partial charge on any atom is 0.259 e. The maximum absolute atomic E-state index is 5.75. The number of ether oxygens (including phenoxy) is 2. The molecule has 21 heavy (non-hydrogen) atoms. The number of hydrogen-bond donors (Lipinski definition) is 0. The monoisotopic (exact) mass is 286 g/mol. The average Bonchev–Trinajstić information content (AvgIpc) is 2.51. The quantitative estimate of drug-likeness (QED) is 0.765. The van der Waals surface area contributed by atoms with E-state index in [1.165, 1.54) is 5.56 Å². The van der Waals surface area contributed by atoms with Crippen LogP contribution in [0.3, 0.4) is 0 Å². The predicted molar refractivity (Wildman–Crippen MR) is 82.6 cm³/mol. The summed E-state index contributed by atoms with van der Waals surface area (Å²) >= 11 is 0. The highest BCUT2D eigenvalue weighted by molar-refractivity contribution is 5.24. The summed E-state index contributed by atoms with van der Waals surface area (Å²) in [6.07, 6.45) is 1.77. The lowest BCUT2D eigenvalue weighted by molar-refractivity contribution is -0.304. The number of nitrogens with zero attached hydrogens (tertiary/aromatic N) is 2. The first-order valence-corrected chi connectivity index (χ1v) is 6.91. The fourth-order valence-corrected chi connectivity index (χ4v) is 2.60. The molecule has 0 saturated heterocycles. The Kier molecular flexibility index (Phi) is 5.07. The molecular formula is C17H22N2O2. The molecule has 0 aliphatic rings. The van der Waals surface area contributed by atoms with Crippen molar-refractivity contribution in [1.82, 2.24) is 9.88 Å². The first kappa shape index (κ1) is 15.6. The van der Waals surface area contributed by atoms with Gasteiger partial charge >= 0.3 is 0 Å². The highest BCUT2D eigenvalue weighted by Gasteiger charge is 2.38. The molecule has 0 aliphatic carbocycles. The maximum atomic E-state index is 5.75. The lowest BCUT2D eigenvalue weighted by Crippen LogP contribution is -2.47. The minimum absolute atomic E-state index is 0.705. The molecule has 0 bridgehead atoms. The van der Waals surface area contributed by atoms with Gasteiger partial charge in [-0.25, -0.2) is 4.90 Å². The van der Waals surface area contributed by atoms with Gasteiger partial charge in [0.05, 0.1) is 0 Å². The molecule has 0 fully saturated rings. The number of aryl methyl sites for hydroxylation is 1. The van der Waals surface area contributed by atoms with Gasteiger partial charge in [-0.1, -0.05) is 30.3 Å². The third-order valence-corrected chi connectivity index (χ3v) is 3.67. The van der Waals surface area contributed by atoms with Crippen molar-refractivity contribution in [2.75, 3.05) is 21.3 Å². The summed E-state index contributed by atoms with van der Waals surface area (Å²) in [5, 5.41) is 0. The third-order valence-electron chi connectivity index (χ3n) is 3.67. The highest BCUT2D eigenvalue weighted by atomic mass is 16.7. The molecule has 0 aliphatic heterocycles. The highest BCUT2D eigenvalue weighted by Crippen LogP contribution is 2.32. The van der Waals surface area contributed by atoms with Gasteiger partial charge in [-0.3, -0.25) is 4.98 Å². The van der Waals surface area contributed by atoms with Crippen LogP contribution in [0.5, 0.6) is 0 Å². The standard InChI is InChI=1S/C17H22N2O2/c1-14-16(11-8-12-18-14)17(20-3,21-4)19(2)13-15-9-6-5-7-10-15/h5-12H,13H2,1-4H3. The van der Waals surface area contributed by atoms with Gasteiger partial charge in [0.25, 0.3) is 5.91 Å². The molecule has 1 heterocycles. The molecule has 1 aromatic carbocycles. The summed E-state index contributed by atoms with van der Waals surface area (Å²) in [6, 6.07) is 14.1. The number of pyridine rings is 1. The summed E-state index contributed by atoms with van der Waals surface area (Å²) in [6.45, 7) is 2.66. The van der Waals surface area contributed by atoms with Crippen molar-refractivity contribution in [2.24, 2.45) is 0 Å².